The largest absolute Gasteiger partial charge is 0.481 e. The zero-order chi connectivity index (χ0) is 14.5. The predicted octanol–water partition coefficient (Wildman–Crippen LogP) is 2.75. The summed E-state index contributed by atoms with van der Waals surface area (Å²) in [6, 6.07) is 9.61. The highest BCUT2D eigenvalue weighted by molar-refractivity contribution is 5.85. The van der Waals surface area contributed by atoms with E-state index in [0.29, 0.717) is 12.8 Å². The van der Waals surface area contributed by atoms with Crippen molar-refractivity contribution in [3.05, 3.63) is 35.9 Å². The van der Waals surface area contributed by atoms with Gasteiger partial charge in [0.25, 0.3) is 0 Å². The second kappa shape index (κ2) is 6.55. The quantitative estimate of drug-likeness (QED) is 0.888. The van der Waals surface area contributed by atoms with E-state index >= 15 is 0 Å². The van der Waals surface area contributed by atoms with E-state index in [9.17, 15) is 14.7 Å². The van der Waals surface area contributed by atoms with Gasteiger partial charge in [-0.15, -0.1) is 0 Å². The van der Waals surface area contributed by atoms with Crippen LogP contribution in [0.3, 0.4) is 0 Å². The molecule has 1 aliphatic carbocycles. The van der Waals surface area contributed by atoms with Gasteiger partial charge in [0.15, 0.2) is 0 Å². The molecule has 0 bridgehead atoms. The molecule has 1 aromatic rings. The molecule has 108 valence electrons. The Labute approximate surface area is 119 Å². The molecule has 0 heterocycles. The van der Waals surface area contributed by atoms with E-state index in [1.165, 1.54) is 0 Å². The number of hydrogen-bond donors (Lipinski definition) is 2. The molecule has 1 unspecified atom stereocenters. The normalized spacial score (nSPS) is 23.9. The van der Waals surface area contributed by atoms with Crippen molar-refractivity contribution in [2.24, 2.45) is 11.8 Å². The number of aliphatic carboxylic acids is 1. The molecule has 1 amide bonds. The van der Waals surface area contributed by atoms with E-state index < -0.39 is 17.8 Å². The molecule has 4 nitrogen and oxygen atoms in total. The fraction of sp³-hybridized carbons (Fsp3) is 0.500. The predicted molar refractivity (Wildman–Crippen MR) is 76.1 cm³/mol. The van der Waals surface area contributed by atoms with Gasteiger partial charge in [-0.25, -0.2) is 0 Å². The molecule has 1 aromatic carbocycles. The first-order valence-electron chi connectivity index (χ1n) is 7.17. The standard InChI is InChI=1S/C16H21NO3/c1-11(12-7-3-2-4-8-12)17-15(18)13-9-5-6-10-14(13)16(19)20/h2-4,7-8,11,13-14H,5-6,9-10H2,1H3,(H,17,18)(H,19,20)/t11?,13-,14+/m0/s1. The third-order valence-corrected chi connectivity index (χ3v) is 4.08. The zero-order valence-corrected chi connectivity index (χ0v) is 11.7. The van der Waals surface area contributed by atoms with Crippen molar-refractivity contribution in [1.29, 1.82) is 0 Å². The van der Waals surface area contributed by atoms with Crippen molar-refractivity contribution in [2.75, 3.05) is 0 Å². The maximum Gasteiger partial charge on any atom is 0.307 e. The van der Waals surface area contributed by atoms with Crippen LogP contribution in [0.1, 0.15) is 44.2 Å². The number of hydrogen-bond acceptors (Lipinski definition) is 2. The molecule has 2 N–H and O–H groups in total. The summed E-state index contributed by atoms with van der Waals surface area (Å²) in [6.07, 6.45) is 3.11. The Morgan fingerprint density at radius 1 is 1.15 bits per heavy atom. The molecule has 0 saturated heterocycles. The maximum absolute atomic E-state index is 12.3. The lowest BCUT2D eigenvalue weighted by atomic mass is 9.78. The topological polar surface area (TPSA) is 66.4 Å². The van der Waals surface area contributed by atoms with E-state index in [4.69, 9.17) is 0 Å². The first-order chi connectivity index (χ1) is 9.59. The van der Waals surface area contributed by atoms with Gasteiger partial charge in [-0.2, -0.15) is 0 Å². The molecular weight excluding hydrogens is 254 g/mol. The Hall–Kier alpha value is -1.84. The molecular formula is C16H21NO3. The summed E-state index contributed by atoms with van der Waals surface area (Å²) in [6.45, 7) is 1.92. The van der Waals surface area contributed by atoms with Crippen molar-refractivity contribution >= 4 is 11.9 Å². The van der Waals surface area contributed by atoms with Crippen LogP contribution < -0.4 is 5.32 Å². The number of rotatable bonds is 4. The number of amides is 1. The highest BCUT2D eigenvalue weighted by Crippen LogP contribution is 2.31. The van der Waals surface area contributed by atoms with Crippen LogP contribution in [0.5, 0.6) is 0 Å². The summed E-state index contributed by atoms with van der Waals surface area (Å²) < 4.78 is 0. The van der Waals surface area contributed by atoms with Crippen molar-refractivity contribution in [1.82, 2.24) is 5.32 Å². The summed E-state index contributed by atoms with van der Waals surface area (Å²) in [4.78, 5) is 23.6. The molecule has 3 atom stereocenters. The average molecular weight is 275 g/mol. The summed E-state index contributed by atoms with van der Waals surface area (Å²) in [5.41, 5.74) is 1.03. The highest BCUT2D eigenvalue weighted by atomic mass is 16.4. The minimum absolute atomic E-state index is 0.0972. The number of carboxylic acids is 1. The molecule has 20 heavy (non-hydrogen) atoms. The molecule has 0 aromatic heterocycles. The van der Waals surface area contributed by atoms with E-state index in [1.807, 2.05) is 37.3 Å². The zero-order valence-electron chi connectivity index (χ0n) is 11.7. The fourth-order valence-electron chi connectivity index (χ4n) is 2.89. The molecule has 1 saturated carbocycles. The molecule has 1 aliphatic rings. The first-order valence-corrected chi connectivity index (χ1v) is 7.17. The summed E-state index contributed by atoms with van der Waals surface area (Å²) in [7, 11) is 0. The molecule has 1 fully saturated rings. The third kappa shape index (κ3) is 3.38. The van der Waals surface area contributed by atoms with Gasteiger partial charge in [-0.3, -0.25) is 9.59 Å². The second-order valence-corrected chi connectivity index (χ2v) is 5.48. The Morgan fingerprint density at radius 3 is 2.35 bits per heavy atom. The van der Waals surface area contributed by atoms with Crippen LogP contribution in [-0.2, 0) is 9.59 Å². The summed E-state index contributed by atoms with van der Waals surface area (Å²) >= 11 is 0. The average Bonchev–Trinajstić information content (AvgIpc) is 2.48. The Kier molecular flexibility index (Phi) is 4.77. The van der Waals surface area contributed by atoms with Gasteiger partial charge in [0.2, 0.25) is 5.91 Å². The Balaban J connectivity index is 2.01. The van der Waals surface area contributed by atoms with Crippen LogP contribution in [0, 0.1) is 11.8 Å². The first kappa shape index (κ1) is 14.6. The van der Waals surface area contributed by atoms with Crippen LogP contribution in [-0.4, -0.2) is 17.0 Å². The second-order valence-electron chi connectivity index (χ2n) is 5.48. The van der Waals surface area contributed by atoms with Gasteiger partial charge in [0.1, 0.15) is 0 Å². The van der Waals surface area contributed by atoms with Crippen LogP contribution in [0.2, 0.25) is 0 Å². The van der Waals surface area contributed by atoms with E-state index in [0.717, 1.165) is 18.4 Å². The molecule has 2 rings (SSSR count). The molecule has 0 spiro atoms. The van der Waals surface area contributed by atoms with Gasteiger partial charge in [-0.05, 0) is 25.3 Å². The number of nitrogens with one attached hydrogen (secondary N) is 1. The van der Waals surface area contributed by atoms with Crippen LogP contribution in [0.4, 0.5) is 0 Å². The van der Waals surface area contributed by atoms with Gasteiger partial charge in [0, 0.05) is 0 Å². The Bertz CT molecular complexity index is 472. The van der Waals surface area contributed by atoms with E-state index in [2.05, 4.69) is 5.32 Å². The maximum atomic E-state index is 12.3. The van der Waals surface area contributed by atoms with Crippen LogP contribution >= 0.6 is 0 Å². The molecule has 0 radical (unpaired) electrons. The Morgan fingerprint density at radius 2 is 1.75 bits per heavy atom. The van der Waals surface area contributed by atoms with Gasteiger partial charge in [-0.1, -0.05) is 43.2 Å². The van der Waals surface area contributed by atoms with Crippen molar-refractivity contribution in [2.45, 2.75) is 38.6 Å². The summed E-state index contributed by atoms with van der Waals surface area (Å²) in [5.74, 6) is -1.91. The van der Waals surface area contributed by atoms with Gasteiger partial charge >= 0.3 is 5.97 Å². The van der Waals surface area contributed by atoms with Gasteiger partial charge < -0.3 is 10.4 Å². The minimum atomic E-state index is -0.850. The number of benzene rings is 1. The smallest absolute Gasteiger partial charge is 0.307 e. The number of carbonyl (C=O) groups excluding carboxylic acids is 1. The van der Waals surface area contributed by atoms with E-state index in [1.54, 1.807) is 0 Å². The lowest BCUT2D eigenvalue weighted by Gasteiger charge is -2.28. The SMILES string of the molecule is CC(NC(=O)[C@H]1CCCC[C@H]1C(=O)O)c1ccccc1. The summed E-state index contributed by atoms with van der Waals surface area (Å²) in [5, 5.41) is 12.2. The molecule has 0 aliphatic heterocycles. The van der Waals surface area contributed by atoms with Crippen molar-refractivity contribution in [3.8, 4) is 0 Å². The fourth-order valence-corrected chi connectivity index (χ4v) is 2.89. The van der Waals surface area contributed by atoms with Crippen LogP contribution in [0.15, 0.2) is 30.3 Å². The lowest BCUT2D eigenvalue weighted by Crippen LogP contribution is -2.40. The monoisotopic (exact) mass is 275 g/mol. The third-order valence-electron chi connectivity index (χ3n) is 4.08. The lowest BCUT2D eigenvalue weighted by molar-refractivity contribution is -0.149. The minimum Gasteiger partial charge on any atom is -0.481 e. The van der Waals surface area contributed by atoms with Crippen LogP contribution in [0.25, 0.3) is 0 Å². The van der Waals surface area contributed by atoms with Gasteiger partial charge in [0.05, 0.1) is 17.9 Å². The van der Waals surface area contributed by atoms with E-state index in [-0.39, 0.29) is 11.9 Å². The van der Waals surface area contributed by atoms with Crippen molar-refractivity contribution < 1.29 is 14.7 Å². The molecule has 4 heteroatoms. The number of carboxylic acid groups (broad SMARTS) is 1. The van der Waals surface area contributed by atoms with Crippen molar-refractivity contribution in [3.63, 3.8) is 0 Å². The highest BCUT2D eigenvalue weighted by Gasteiger charge is 2.36. The number of carbonyl (C=O) groups is 2.